The molecule has 0 aliphatic heterocycles. The Morgan fingerprint density at radius 1 is 1.29 bits per heavy atom. The van der Waals surface area contributed by atoms with Crippen LogP contribution in [0, 0.1) is 0 Å². The summed E-state index contributed by atoms with van der Waals surface area (Å²) < 4.78 is 3.50. The Kier molecular flexibility index (Phi) is 4.48. The molecule has 1 unspecified atom stereocenters. The molecule has 0 saturated heterocycles. The highest BCUT2D eigenvalue weighted by Gasteiger charge is 2.07. The number of rotatable bonds is 5. The first-order valence-corrected chi connectivity index (χ1v) is 8.90. The van der Waals surface area contributed by atoms with Crippen molar-refractivity contribution in [3.63, 3.8) is 0 Å². The lowest BCUT2D eigenvalue weighted by Crippen LogP contribution is -2.21. The van der Waals surface area contributed by atoms with E-state index in [-0.39, 0.29) is 6.04 Å². The van der Waals surface area contributed by atoms with Crippen LogP contribution in [0.3, 0.4) is 0 Å². The molecule has 0 radical (unpaired) electrons. The van der Waals surface area contributed by atoms with Crippen molar-refractivity contribution in [3.05, 3.63) is 56.8 Å². The Balaban J connectivity index is 1.87. The first-order chi connectivity index (χ1) is 10.2. The minimum atomic E-state index is 0.256. The van der Waals surface area contributed by atoms with Crippen LogP contribution < -0.4 is 5.73 Å². The SMILES string of the molecule is CCC(N)Cc1ccc2c(ccn2Cc2sccc2Br)c1. The predicted octanol–water partition coefficient (Wildman–Crippen LogP) is 4.79. The number of hydrogen-bond acceptors (Lipinski definition) is 2. The maximum absolute atomic E-state index is 6.05. The van der Waals surface area contributed by atoms with Crippen molar-refractivity contribution in [1.82, 2.24) is 4.57 Å². The van der Waals surface area contributed by atoms with Crippen LogP contribution >= 0.6 is 27.3 Å². The standard InChI is InChI=1S/C17H19BrN2S/c1-2-14(19)10-12-3-4-16-13(9-12)5-7-20(16)11-17-15(18)6-8-21-17/h3-9,14H,2,10-11,19H2,1H3. The smallest absolute Gasteiger partial charge is 0.0580 e. The monoisotopic (exact) mass is 362 g/mol. The molecule has 1 atom stereocenters. The highest BCUT2D eigenvalue weighted by Crippen LogP contribution is 2.26. The quantitative estimate of drug-likeness (QED) is 0.694. The fraction of sp³-hybridized carbons (Fsp3) is 0.294. The second kappa shape index (κ2) is 6.34. The maximum Gasteiger partial charge on any atom is 0.0580 e. The molecule has 2 N–H and O–H groups in total. The van der Waals surface area contributed by atoms with Crippen LogP contribution in [0.4, 0.5) is 0 Å². The molecule has 0 aliphatic carbocycles. The van der Waals surface area contributed by atoms with Crippen molar-refractivity contribution in [1.29, 1.82) is 0 Å². The van der Waals surface area contributed by atoms with E-state index in [4.69, 9.17) is 5.73 Å². The van der Waals surface area contributed by atoms with E-state index in [1.54, 1.807) is 11.3 Å². The predicted molar refractivity (Wildman–Crippen MR) is 95.0 cm³/mol. The topological polar surface area (TPSA) is 30.9 Å². The normalized spacial score (nSPS) is 12.9. The Morgan fingerprint density at radius 3 is 2.86 bits per heavy atom. The summed E-state index contributed by atoms with van der Waals surface area (Å²) in [6.07, 6.45) is 4.14. The highest BCUT2D eigenvalue weighted by molar-refractivity contribution is 9.10. The average Bonchev–Trinajstić information content (AvgIpc) is 3.06. The third-order valence-corrected chi connectivity index (χ3v) is 5.77. The second-order valence-electron chi connectivity index (χ2n) is 5.40. The summed E-state index contributed by atoms with van der Waals surface area (Å²) in [5.41, 5.74) is 8.66. The van der Waals surface area contributed by atoms with Gasteiger partial charge in [-0.25, -0.2) is 0 Å². The average molecular weight is 363 g/mol. The van der Waals surface area contributed by atoms with Crippen molar-refractivity contribution < 1.29 is 0 Å². The van der Waals surface area contributed by atoms with E-state index in [2.05, 4.69) is 69.3 Å². The third kappa shape index (κ3) is 3.23. The van der Waals surface area contributed by atoms with Crippen molar-refractivity contribution in [2.45, 2.75) is 32.4 Å². The Labute approximate surface area is 137 Å². The lowest BCUT2D eigenvalue weighted by molar-refractivity contribution is 0.647. The van der Waals surface area contributed by atoms with Gasteiger partial charge in [0.15, 0.2) is 0 Å². The van der Waals surface area contributed by atoms with Gasteiger partial charge in [0.25, 0.3) is 0 Å². The summed E-state index contributed by atoms with van der Waals surface area (Å²) in [7, 11) is 0. The Bertz CT molecular complexity index is 744. The molecule has 0 aliphatic rings. The summed E-state index contributed by atoms with van der Waals surface area (Å²) >= 11 is 5.39. The number of halogens is 1. The van der Waals surface area contributed by atoms with Gasteiger partial charge in [0.1, 0.15) is 0 Å². The van der Waals surface area contributed by atoms with Gasteiger partial charge in [-0.2, -0.15) is 0 Å². The summed E-state index contributed by atoms with van der Waals surface area (Å²) in [5, 5.41) is 3.42. The number of fused-ring (bicyclic) bond motifs is 1. The summed E-state index contributed by atoms with van der Waals surface area (Å²) in [5.74, 6) is 0. The van der Waals surface area contributed by atoms with Gasteiger partial charge in [-0.05, 0) is 69.4 Å². The number of hydrogen-bond donors (Lipinski definition) is 1. The second-order valence-corrected chi connectivity index (χ2v) is 7.26. The zero-order valence-electron chi connectivity index (χ0n) is 12.1. The molecule has 2 nitrogen and oxygen atoms in total. The van der Waals surface area contributed by atoms with E-state index in [0.29, 0.717) is 0 Å². The molecule has 4 heteroatoms. The van der Waals surface area contributed by atoms with Crippen LogP contribution in [0.5, 0.6) is 0 Å². The molecule has 0 bridgehead atoms. The van der Waals surface area contributed by atoms with E-state index >= 15 is 0 Å². The van der Waals surface area contributed by atoms with Gasteiger partial charge in [0.2, 0.25) is 0 Å². The van der Waals surface area contributed by atoms with Crippen LogP contribution in [0.1, 0.15) is 23.8 Å². The van der Waals surface area contributed by atoms with Gasteiger partial charge < -0.3 is 10.3 Å². The molecule has 110 valence electrons. The zero-order valence-corrected chi connectivity index (χ0v) is 14.5. The summed E-state index contributed by atoms with van der Waals surface area (Å²) in [4.78, 5) is 1.35. The van der Waals surface area contributed by atoms with Gasteiger partial charge in [-0.1, -0.05) is 13.0 Å². The van der Waals surface area contributed by atoms with E-state index in [0.717, 1.165) is 19.4 Å². The van der Waals surface area contributed by atoms with E-state index in [1.165, 1.54) is 25.8 Å². The summed E-state index contributed by atoms with van der Waals surface area (Å²) in [6.45, 7) is 3.05. The molecular weight excluding hydrogens is 344 g/mol. The van der Waals surface area contributed by atoms with Crippen molar-refractivity contribution in [2.75, 3.05) is 0 Å². The van der Waals surface area contributed by atoms with E-state index in [9.17, 15) is 0 Å². The van der Waals surface area contributed by atoms with Crippen LogP contribution in [-0.2, 0) is 13.0 Å². The first kappa shape index (κ1) is 14.8. The number of benzene rings is 1. The molecule has 2 heterocycles. The molecule has 3 rings (SSSR count). The Morgan fingerprint density at radius 2 is 2.14 bits per heavy atom. The first-order valence-electron chi connectivity index (χ1n) is 7.22. The van der Waals surface area contributed by atoms with E-state index < -0.39 is 0 Å². The Hall–Kier alpha value is -1.10. The number of thiophene rings is 1. The molecule has 0 amide bonds. The van der Waals surface area contributed by atoms with Gasteiger partial charge in [-0.15, -0.1) is 11.3 Å². The molecular formula is C17H19BrN2S. The minimum Gasteiger partial charge on any atom is -0.342 e. The number of nitrogens with two attached hydrogens (primary N) is 1. The third-order valence-electron chi connectivity index (χ3n) is 3.86. The highest BCUT2D eigenvalue weighted by atomic mass is 79.9. The molecule has 0 fully saturated rings. The molecule has 3 aromatic rings. The number of nitrogens with zero attached hydrogens (tertiary/aromatic N) is 1. The fourth-order valence-electron chi connectivity index (χ4n) is 2.55. The van der Waals surface area contributed by atoms with Crippen molar-refractivity contribution in [3.8, 4) is 0 Å². The van der Waals surface area contributed by atoms with E-state index in [1.807, 2.05) is 0 Å². The van der Waals surface area contributed by atoms with Crippen LogP contribution in [0.2, 0.25) is 0 Å². The largest absolute Gasteiger partial charge is 0.342 e. The fourth-order valence-corrected chi connectivity index (χ4v) is 4.03. The van der Waals surface area contributed by atoms with Crippen LogP contribution in [0.15, 0.2) is 46.4 Å². The van der Waals surface area contributed by atoms with Gasteiger partial charge in [0.05, 0.1) is 6.54 Å². The molecule has 0 spiro atoms. The van der Waals surface area contributed by atoms with Crippen molar-refractivity contribution in [2.24, 2.45) is 5.73 Å². The van der Waals surface area contributed by atoms with Gasteiger partial charge in [0, 0.05) is 27.1 Å². The molecule has 21 heavy (non-hydrogen) atoms. The lowest BCUT2D eigenvalue weighted by atomic mass is 10.0. The van der Waals surface area contributed by atoms with Crippen LogP contribution in [0.25, 0.3) is 10.9 Å². The zero-order chi connectivity index (χ0) is 14.8. The number of aromatic nitrogens is 1. The molecule has 1 aromatic carbocycles. The molecule has 0 saturated carbocycles. The van der Waals surface area contributed by atoms with Crippen LogP contribution in [-0.4, -0.2) is 10.6 Å². The maximum atomic E-state index is 6.05. The van der Waals surface area contributed by atoms with Gasteiger partial charge in [-0.3, -0.25) is 0 Å². The summed E-state index contributed by atoms with van der Waals surface area (Å²) in [6, 6.07) is 11.2. The van der Waals surface area contributed by atoms with Gasteiger partial charge >= 0.3 is 0 Å². The van der Waals surface area contributed by atoms with Crippen molar-refractivity contribution >= 4 is 38.2 Å². The lowest BCUT2D eigenvalue weighted by Gasteiger charge is -2.09. The molecule has 2 aromatic heterocycles. The minimum absolute atomic E-state index is 0.256.